The number of rotatable bonds is 3. The number of aryl methyl sites for hydroxylation is 1. The highest BCUT2D eigenvalue weighted by Crippen LogP contribution is 2.50. The molecule has 10 rings (SSSR count). The van der Waals surface area contributed by atoms with Crippen LogP contribution in [0.4, 0.5) is 0 Å². The summed E-state index contributed by atoms with van der Waals surface area (Å²) in [6.07, 6.45) is 0. The number of hydrogen-bond donors (Lipinski definition) is 0. The van der Waals surface area contributed by atoms with Crippen LogP contribution in [0.2, 0.25) is 0 Å². The van der Waals surface area contributed by atoms with Gasteiger partial charge in [0.2, 0.25) is 0 Å². The largest absolute Gasteiger partial charge is 0.0630 e. The maximum Gasteiger partial charge on any atom is 0.0630 e. The number of hydrogen-bond acceptors (Lipinski definition) is 0. The van der Waals surface area contributed by atoms with Crippen molar-refractivity contribution in [2.75, 3.05) is 0 Å². The van der Waals surface area contributed by atoms with Crippen LogP contribution >= 0.6 is 0 Å². The van der Waals surface area contributed by atoms with Gasteiger partial charge in [-0.25, -0.2) is 0 Å². The average molecular weight is 604 g/mol. The molecule has 0 aliphatic carbocycles. The zero-order valence-electron chi connectivity index (χ0n) is 34.4. The van der Waals surface area contributed by atoms with Crippen molar-refractivity contribution < 1.29 is 12.3 Å². The average Bonchev–Trinajstić information content (AvgIpc) is 3.23. The molecule has 0 atom stereocenters. The van der Waals surface area contributed by atoms with Gasteiger partial charge in [0.15, 0.2) is 0 Å². The monoisotopic (exact) mass is 603 g/mol. The molecule has 0 N–H and O–H groups in total. The molecule has 0 aliphatic heterocycles. The van der Waals surface area contributed by atoms with Gasteiger partial charge in [-0.2, -0.15) is 0 Å². The molecule has 0 radical (unpaired) electrons. The molecule has 0 heteroatoms. The normalized spacial score (nSPS) is 14.6. The molecule has 0 fully saturated rings. The molecule has 0 aliphatic rings. The summed E-state index contributed by atoms with van der Waals surface area (Å²) < 4.78 is 82.6. The van der Waals surface area contributed by atoms with Crippen LogP contribution in [0.5, 0.6) is 0 Å². The van der Waals surface area contributed by atoms with Crippen molar-refractivity contribution in [2.45, 2.75) is 6.92 Å². The minimum absolute atomic E-state index is 0.0617. The molecular formula is C47H30. The van der Waals surface area contributed by atoms with Crippen molar-refractivity contribution in [1.82, 2.24) is 0 Å². The Balaban J connectivity index is 1.53. The van der Waals surface area contributed by atoms with E-state index >= 15 is 0 Å². The Kier molecular flexibility index (Phi) is 4.02. The summed E-state index contributed by atoms with van der Waals surface area (Å²) in [5.74, 6) is 0. The van der Waals surface area contributed by atoms with Crippen molar-refractivity contribution in [3.63, 3.8) is 0 Å². The van der Waals surface area contributed by atoms with E-state index in [-0.39, 0.29) is 63.8 Å². The lowest BCUT2D eigenvalue weighted by Crippen LogP contribution is -1.94. The van der Waals surface area contributed by atoms with E-state index in [4.69, 9.17) is 6.85 Å². The number of fused-ring (bicyclic) bond motifs is 4. The van der Waals surface area contributed by atoms with Crippen LogP contribution in [0.3, 0.4) is 0 Å². The zero-order chi connectivity index (χ0) is 38.9. The summed E-state index contributed by atoms with van der Waals surface area (Å²) in [4.78, 5) is 0. The molecule has 218 valence electrons. The van der Waals surface area contributed by atoms with Gasteiger partial charge in [-0.3, -0.25) is 0 Å². The van der Waals surface area contributed by atoms with E-state index in [1.807, 2.05) is 66.7 Å². The van der Waals surface area contributed by atoms with Crippen LogP contribution in [0, 0.1) is 6.92 Å². The predicted molar refractivity (Wildman–Crippen MR) is 204 cm³/mol. The maximum absolute atomic E-state index is 9.67. The Morgan fingerprint density at radius 1 is 0.362 bits per heavy atom. The lowest BCUT2D eigenvalue weighted by atomic mass is 9.81. The molecule has 0 saturated carbocycles. The molecule has 0 aromatic heterocycles. The van der Waals surface area contributed by atoms with Crippen molar-refractivity contribution in [3.8, 4) is 33.4 Å². The Bertz CT molecular complexity index is 3340. The fraction of sp³-hybridized carbons (Fsp3) is 0.0213. The third kappa shape index (κ3) is 3.76. The molecule has 47 heavy (non-hydrogen) atoms. The van der Waals surface area contributed by atoms with E-state index in [2.05, 4.69) is 42.5 Å². The summed E-state index contributed by atoms with van der Waals surface area (Å²) in [6, 6.07) is 33.3. The van der Waals surface area contributed by atoms with Crippen LogP contribution in [-0.2, 0) is 0 Å². The summed E-state index contributed by atoms with van der Waals surface area (Å²) in [7, 11) is 0. The molecule has 10 aromatic carbocycles. The standard InChI is InChI=1S/C47H30/c1-29-11-10-16-32-23-28-41-43(31-14-6-3-7-15-31)36-17-8-9-18-37(36)46(47(41)42(29)32)40-27-22-34-20-25-38-35(30-12-4-2-5-13-30)24-19-33-21-26-39(40)45(34)44(33)38/h2-28H,1H3/i8D,9D,10D,11D,16D,17D,18D,23D,28D. The first-order valence-corrected chi connectivity index (χ1v) is 15.7. The lowest BCUT2D eigenvalue weighted by Gasteiger charge is -2.22. The van der Waals surface area contributed by atoms with Gasteiger partial charge in [-0.05, 0) is 111 Å². The minimum atomic E-state index is -0.413. The fourth-order valence-corrected chi connectivity index (χ4v) is 7.65. The van der Waals surface area contributed by atoms with Gasteiger partial charge in [0.05, 0.1) is 12.3 Å². The third-order valence-corrected chi connectivity index (χ3v) is 9.64. The molecule has 0 nitrogen and oxygen atoms in total. The fourth-order valence-electron chi connectivity index (χ4n) is 7.65. The highest BCUT2D eigenvalue weighted by molar-refractivity contribution is 6.33. The SMILES string of the molecule is [2H]c1c([2H])c([2H])c2c(-c3ccc4ccc5c(-c6ccccc6)ccc6ccc3c4c65)c3c(c([2H])c([2H])c4c([2H])c([2H])c([2H])c(C)c43)c(-c3ccccc3)c2c1[2H]. The quantitative estimate of drug-likeness (QED) is 0.139. The summed E-state index contributed by atoms with van der Waals surface area (Å²) in [5, 5.41) is 7.53. The first-order valence-electron chi connectivity index (χ1n) is 20.2. The van der Waals surface area contributed by atoms with Gasteiger partial charge in [-0.15, -0.1) is 0 Å². The van der Waals surface area contributed by atoms with Crippen molar-refractivity contribution in [2.24, 2.45) is 0 Å². The van der Waals surface area contributed by atoms with E-state index in [1.54, 1.807) is 6.92 Å². The highest BCUT2D eigenvalue weighted by Gasteiger charge is 2.22. The van der Waals surface area contributed by atoms with Crippen LogP contribution in [0.25, 0.3) is 98.0 Å². The van der Waals surface area contributed by atoms with E-state index in [0.717, 1.165) is 43.4 Å². The summed E-state index contributed by atoms with van der Waals surface area (Å²) >= 11 is 0. The van der Waals surface area contributed by atoms with Gasteiger partial charge < -0.3 is 0 Å². The Morgan fingerprint density at radius 3 is 1.66 bits per heavy atom. The molecule has 0 saturated heterocycles. The second-order valence-corrected chi connectivity index (χ2v) is 12.1. The summed E-state index contributed by atoms with van der Waals surface area (Å²) in [5.41, 5.74) is 4.58. The highest BCUT2D eigenvalue weighted by atomic mass is 14.2. The van der Waals surface area contributed by atoms with Crippen LogP contribution in [0.1, 0.15) is 17.9 Å². The molecule has 0 heterocycles. The Hall–Kier alpha value is -5.98. The first kappa shape index (κ1) is 18.9. The summed E-state index contributed by atoms with van der Waals surface area (Å²) in [6.45, 7) is 1.69. The van der Waals surface area contributed by atoms with Crippen LogP contribution in [0.15, 0.2) is 164 Å². The topological polar surface area (TPSA) is 0 Å². The Labute approximate surface area is 286 Å². The first-order chi connectivity index (χ1) is 27.0. The van der Waals surface area contributed by atoms with E-state index < -0.39 is 12.1 Å². The van der Waals surface area contributed by atoms with Crippen molar-refractivity contribution in [3.05, 3.63) is 169 Å². The molecule has 0 spiro atoms. The number of benzene rings is 10. The molecule has 0 bridgehead atoms. The van der Waals surface area contributed by atoms with E-state index in [1.165, 1.54) is 0 Å². The molecular weight excluding hydrogens is 565 g/mol. The lowest BCUT2D eigenvalue weighted by molar-refractivity contribution is 1.54. The third-order valence-electron chi connectivity index (χ3n) is 9.64. The maximum atomic E-state index is 9.67. The smallest absolute Gasteiger partial charge is 0.0622 e. The second kappa shape index (κ2) is 10.0. The van der Waals surface area contributed by atoms with E-state index in [9.17, 15) is 5.48 Å². The zero-order valence-corrected chi connectivity index (χ0v) is 25.4. The van der Waals surface area contributed by atoms with Crippen LogP contribution < -0.4 is 0 Å². The van der Waals surface area contributed by atoms with Gasteiger partial charge in [0.1, 0.15) is 0 Å². The van der Waals surface area contributed by atoms with E-state index in [0.29, 0.717) is 38.6 Å². The molecule has 0 amide bonds. The van der Waals surface area contributed by atoms with Crippen molar-refractivity contribution >= 4 is 64.6 Å². The molecule has 0 unspecified atom stereocenters. The minimum Gasteiger partial charge on any atom is -0.0622 e. The van der Waals surface area contributed by atoms with Crippen molar-refractivity contribution in [1.29, 1.82) is 0 Å². The second-order valence-electron chi connectivity index (χ2n) is 12.1. The van der Waals surface area contributed by atoms with Gasteiger partial charge in [0, 0.05) is 0 Å². The van der Waals surface area contributed by atoms with Gasteiger partial charge in [0.25, 0.3) is 0 Å². The Morgan fingerprint density at radius 2 is 0.957 bits per heavy atom. The predicted octanol–water partition coefficient (Wildman–Crippen LogP) is 13.4. The van der Waals surface area contributed by atoms with Gasteiger partial charge >= 0.3 is 0 Å². The molecule has 10 aromatic rings. The van der Waals surface area contributed by atoms with Gasteiger partial charge in [-0.1, -0.05) is 164 Å². The van der Waals surface area contributed by atoms with Crippen LogP contribution in [-0.4, -0.2) is 0 Å².